The molecule has 0 spiro atoms. The number of nitrogens with zero attached hydrogens (tertiary/aromatic N) is 2. The maximum Gasteiger partial charge on any atom is 0.327 e. The largest absolute Gasteiger partial charge is 0.480 e. The fourth-order valence-electron chi connectivity index (χ4n) is 1.35. The van der Waals surface area contributed by atoms with E-state index in [0.29, 0.717) is 5.69 Å². The molecular weight excluding hydrogens is 286 g/mol. The molecule has 0 radical (unpaired) electrons. The zero-order valence-electron chi connectivity index (χ0n) is 10.8. The molecule has 108 valence electrons. The first-order valence-corrected chi connectivity index (χ1v) is 6.54. The fourth-order valence-corrected chi connectivity index (χ4v) is 2.40. The molecule has 0 aliphatic heterocycles. The van der Waals surface area contributed by atoms with Crippen LogP contribution in [0.15, 0.2) is 17.2 Å². The van der Waals surface area contributed by atoms with E-state index in [9.17, 15) is 19.7 Å². The number of hydrogen-bond acceptors (Lipinski definition) is 6. The lowest BCUT2D eigenvalue weighted by atomic mass is 10.3. The number of aromatic nitrogens is 1. The average molecular weight is 299 g/mol. The summed E-state index contributed by atoms with van der Waals surface area (Å²) in [6, 6.07) is 1.70. The molecular formula is C11H13N3O5S. The number of pyridine rings is 1. The highest BCUT2D eigenvalue weighted by Crippen LogP contribution is 2.27. The van der Waals surface area contributed by atoms with Gasteiger partial charge in [-0.15, -0.1) is 0 Å². The second kappa shape index (κ2) is 6.85. The number of hydrogen-bond donors (Lipinski definition) is 2. The molecule has 9 heteroatoms. The van der Waals surface area contributed by atoms with E-state index in [1.807, 2.05) is 0 Å². The zero-order valence-corrected chi connectivity index (χ0v) is 11.6. The number of aliphatic carboxylic acids is 1. The molecule has 0 unspecified atom stereocenters. The normalized spacial score (nSPS) is 11.7. The van der Waals surface area contributed by atoms with Crippen molar-refractivity contribution in [3.63, 3.8) is 0 Å². The van der Waals surface area contributed by atoms with Gasteiger partial charge in [-0.1, -0.05) is 11.8 Å². The van der Waals surface area contributed by atoms with Gasteiger partial charge in [0.1, 0.15) is 6.04 Å². The minimum Gasteiger partial charge on any atom is -0.480 e. The third kappa shape index (κ3) is 4.50. The first-order valence-electron chi connectivity index (χ1n) is 5.56. The minimum absolute atomic E-state index is 0.0494. The van der Waals surface area contributed by atoms with Gasteiger partial charge in [-0.3, -0.25) is 14.9 Å². The summed E-state index contributed by atoms with van der Waals surface area (Å²) in [5, 5.41) is 22.2. The number of nitro groups is 1. The highest BCUT2D eigenvalue weighted by Gasteiger charge is 2.22. The van der Waals surface area contributed by atoms with E-state index in [4.69, 9.17) is 5.11 Å². The average Bonchev–Trinajstić information content (AvgIpc) is 2.33. The first-order chi connectivity index (χ1) is 9.31. The Hall–Kier alpha value is -2.16. The van der Waals surface area contributed by atoms with Crippen LogP contribution in [0.25, 0.3) is 0 Å². The summed E-state index contributed by atoms with van der Waals surface area (Å²) in [5.74, 6) is -1.74. The van der Waals surface area contributed by atoms with Crippen LogP contribution in [-0.2, 0) is 9.59 Å². The molecule has 0 aromatic carbocycles. The van der Waals surface area contributed by atoms with Crippen LogP contribution in [0.5, 0.6) is 0 Å². The van der Waals surface area contributed by atoms with Gasteiger partial charge in [-0.25, -0.2) is 9.78 Å². The van der Waals surface area contributed by atoms with Gasteiger partial charge in [-0.05, 0) is 13.0 Å². The van der Waals surface area contributed by atoms with Crippen LogP contribution < -0.4 is 5.32 Å². The summed E-state index contributed by atoms with van der Waals surface area (Å²) in [6.45, 7) is 2.88. The molecule has 0 bridgehead atoms. The fraction of sp³-hybridized carbons (Fsp3) is 0.364. The molecule has 1 aromatic heterocycles. The van der Waals surface area contributed by atoms with Gasteiger partial charge >= 0.3 is 11.7 Å². The Morgan fingerprint density at radius 1 is 1.55 bits per heavy atom. The molecule has 0 saturated carbocycles. The number of aryl methyl sites for hydroxylation is 1. The Labute approximate surface area is 118 Å². The lowest BCUT2D eigenvalue weighted by Gasteiger charge is -2.12. The molecule has 0 fully saturated rings. The van der Waals surface area contributed by atoms with E-state index in [0.717, 1.165) is 11.8 Å². The molecule has 1 heterocycles. The smallest absolute Gasteiger partial charge is 0.327 e. The van der Waals surface area contributed by atoms with E-state index >= 15 is 0 Å². The molecule has 2 N–H and O–H groups in total. The van der Waals surface area contributed by atoms with Crippen LogP contribution in [0.2, 0.25) is 0 Å². The van der Waals surface area contributed by atoms with Crippen LogP contribution in [0.4, 0.5) is 5.69 Å². The third-order valence-corrected chi connectivity index (χ3v) is 3.31. The highest BCUT2D eigenvalue weighted by atomic mass is 32.2. The van der Waals surface area contributed by atoms with Crippen molar-refractivity contribution in [2.45, 2.75) is 24.9 Å². The van der Waals surface area contributed by atoms with Crippen LogP contribution in [-0.4, -0.2) is 38.7 Å². The Kier molecular flexibility index (Phi) is 5.44. The number of carboxylic acid groups (broad SMARTS) is 1. The highest BCUT2D eigenvalue weighted by molar-refractivity contribution is 7.99. The van der Waals surface area contributed by atoms with Gasteiger partial charge in [0.15, 0.2) is 5.03 Å². The van der Waals surface area contributed by atoms with Gasteiger partial charge in [0.2, 0.25) is 5.91 Å². The van der Waals surface area contributed by atoms with E-state index in [-0.39, 0.29) is 16.5 Å². The van der Waals surface area contributed by atoms with Gasteiger partial charge in [0, 0.05) is 24.4 Å². The van der Waals surface area contributed by atoms with Crippen molar-refractivity contribution in [1.29, 1.82) is 0 Å². The predicted octanol–water partition coefficient (Wildman–Crippen LogP) is 0.980. The molecule has 1 aromatic rings. The molecule has 0 saturated heterocycles. The Bertz CT molecular complexity index is 549. The maximum absolute atomic E-state index is 11.0. The lowest BCUT2D eigenvalue weighted by molar-refractivity contribution is -0.388. The van der Waals surface area contributed by atoms with Gasteiger partial charge < -0.3 is 10.4 Å². The van der Waals surface area contributed by atoms with Crippen molar-refractivity contribution in [3.05, 3.63) is 27.9 Å². The quantitative estimate of drug-likeness (QED) is 0.456. The van der Waals surface area contributed by atoms with E-state index < -0.39 is 22.8 Å². The second-order valence-electron chi connectivity index (χ2n) is 3.94. The van der Waals surface area contributed by atoms with Crippen LogP contribution in [0.3, 0.4) is 0 Å². The van der Waals surface area contributed by atoms with Crippen molar-refractivity contribution < 1.29 is 19.6 Å². The molecule has 1 atom stereocenters. The molecule has 0 aliphatic carbocycles. The van der Waals surface area contributed by atoms with Crippen LogP contribution in [0.1, 0.15) is 12.6 Å². The molecule has 8 nitrogen and oxygen atoms in total. The summed E-state index contributed by atoms with van der Waals surface area (Å²) in [4.78, 5) is 36.1. The van der Waals surface area contributed by atoms with Gasteiger partial charge in [-0.2, -0.15) is 0 Å². The summed E-state index contributed by atoms with van der Waals surface area (Å²) < 4.78 is 0. The lowest BCUT2D eigenvalue weighted by Crippen LogP contribution is -2.41. The monoisotopic (exact) mass is 299 g/mol. The van der Waals surface area contributed by atoms with Crippen molar-refractivity contribution in [2.75, 3.05) is 5.75 Å². The van der Waals surface area contributed by atoms with Crippen molar-refractivity contribution in [1.82, 2.24) is 10.3 Å². The summed E-state index contributed by atoms with van der Waals surface area (Å²) in [7, 11) is 0. The Balaban J connectivity index is 2.87. The number of nitrogens with one attached hydrogen (secondary N) is 1. The molecule has 1 rings (SSSR count). The van der Waals surface area contributed by atoms with Crippen molar-refractivity contribution >= 4 is 29.3 Å². The predicted molar refractivity (Wildman–Crippen MR) is 71.6 cm³/mol. The molecule has 20 heavy (non-hydrogen) atoms. The summed E-state index contributed by atoms with van der Waals surface area (Å²) in [5.41, 5.74) is 0.400. The number of carbonyl (C=O) groups is 2. The van der Waals surface area contributed by atoms with Gasteiger partial charge in [0.05, 0.1) is 4.92 Å². The number of carbonyl (C=O) groups excluding carboxylic acids is 1. The van der Waals surface area contributed by atoms with E-state index in [2.05, 4.69) is 10.3 Å². The number of carboxylic acids is 1. The van der Waals surface area contributed by atoms with E-state index in [1.165, 1.54) is 19.1 Å². The molecule has 0 aliphatic rings. The third-order valence-electron chi connectivity index (χ3n) is 2.24. The number of rotatable bonds is 6. The minimum atomic E-state index is -1.21. The van der Waals surface area contributed by atoms with E-state index in [1.54, 1.807) is 6.92 Å². The summed E-state index contributed by atoms with van der Waals surface area (Å²) in [6.07, 6.45) is 0. The number of amides is 1. The summed E-state index contributed by atoms with van der Waals surface area (Å²) >= 11 is 0.920. The zero-order chi connectivity index (χ0) is 15.3. The van der Waals surface area contributed by atoms with Gasteiger partial charge in [0.25, 0.3) is 0 Å². The Morgan fingerprint density at radius 3 is 2.70 bits per heavy atom. The Morgan fingerprint density at radius 2 is 2.20 bits per heavy atom. The maximum atomic E-state index is 11.0. The van der Waals surface area contributed by atoms with Crippen LogP contribution in [0, 0.1) is 17.0 Å². The second-order valence-corrected chi connectivity index (χ2v) is 4.95. The topological polar surface area (TPSA) is 122 Å². The van der Waals surface area contributed by atoms with Crippen LogP contribution >= 0.6 is 11.8 Å². The number of thioether (sulfide) groups is 1. The standard InChI is InChI=1S/C11H13N3O5S/c1-6-3-4-9(14(18)19)10(12-6)20-5-8(11(16)17)13-7(2)15/h3-4,8H,5H2,1-2H3,(H,13,15)(H,16,17)/t8-/m0/s1. The van der Waals surface area contributed by atoms with Crippen molar-refractivity contribution in [3.8, 4) is 0 Å². The SMILES string of the molecule is CC(=O)N[C@@H](CSc1nc(C)ccc1[N+](=O)[O-])C(=O)O. The molecule has 1 amide bonds. The van der Waals surface area contributed by atoms with Crippen molar-refractivity contribution in [2.24, 2.45) is 0 Å². The first kappa shape index (κ1) is 15.9.